The fourth-order valence-corrected chi connectivity index (χ4v) is 6.12. The molecule has 1 aromatic heterocycles. The highest BCUT2D eigenvalue weighted by Crippen LogP contribution is 2.52. The van der Waals surface area contributed by atoms with Gasteiger partial charge in [-0.1, -0.05) is 23.7 Å². The molecule has 0 unspecified atom stereocenters. The SMILES string of the molecule is CCOC(=O)C(C(=O)OCC)(C(=O)OCC)[C@H]1CCc2c1n(Cc1ccc(Cl)cc1)c1c(Br)cc(F)cc21. The predicted molar refractivity (Wildman–Crippen MR) is 144 cm³/mol. The molecule has 0 fully saturated rings. The van der Waals surface area contributed by atoms with Crippen molar-refractivity contribution < 1.29 is 33.0 Å². The summed E-state index contributed by atoms with van der Waals surface area (Å²) in [5.41, 5.74) is 0.494. The Hall–Kier alpha value is -2.91. The molecule has 0 N–H and O–H groups in total. The van der Waals surface area contributed by atoms with Crippen LogP contribution in [0.2, 0.25) is 5.02 Å². The molecular weight excluding hydrogens is 581 g/mol. The minimum atomic E-state index is -2.38. The maximum atomic E-state index is 14.6. The molecule has 0 saturated heterocycles. The highest BCUT2D eigenvalue weighted by Gasteiger charge is 2.65. The highest BCUT2D eigenvalue weighted by atomic mass is 79.9. The number of ether oxygens (including phenoxy) is 3. The molecule has 0 radical (unpaired) electrons. The van der Waals surface area contributed by atoms with Crippen molar-refractivity contribution in [2.24, 2.45) is 5.41 Å². The van der Waals surface area contributed by atoms with E-state index in [1.54, 1.807) is 32.9 Å². The third-order valence-corrected chi connectivity index (χ3v) is 7.66. The number of fused-ring (bicyclic) bond motifs is 3. The average molecular weight is 609 g/mol. The zero-order valence-corrected chi connectivity index (χ0v) is 23.7. The van der Waals surface area contributed by atoms with Crippen LogP contribution in [-0.4, -0.2) is 42.3 Å². The first-order valence-electron chi connectivity index (χ1n) is 12.5. The molecule has 1 heterocycles. The summed E-state index contributed by atoms with van der Waals surface area (Å²) in [7, 11) is 0. The van der Waals surface area contributed by atoms with Crippen molar-refractivity contribution in [3.05, 3.63) is 68.5 Å². The molecule has 2 aromatic carbocycles. The van der Waals surface area contributed by atoms with Crippen LogP contribution in [0, 0.1) is 11.2 Å². The lowest BCUT2D eigenvalue weighted by molar-refractivity contribution is -0.186. The molecule has 0 bridgehead atoms. The largest absolute Gasteiger partial charge is 0.465 e. The van der Waals surface area contributed by atoms with E-state index in [1.807, 2.05) is 16.7 Å². The van der Waals surface area contributed by atoms with Gasteiger partial charge in [0, 0.05) is 33.0 Å². The number of carbonyl (C=O) groups is 3. The Morgan fingerprint density at radius 3 is 2.08 bits per heavy atom. The number of aryl methyl sites for hydroxylation is 1. The van der Waals surface area contributed by atoms with Gasteiger partial charge in [0.15, 0.2) is 0 Å². The number of hydrogen-bond donors (Lipinski definition) is 0. The number of nitrogens with zero attached hydrogens (tertiary/aromatic N) is 1. The fourth-order valence-electron chi connectivity index (χ4n) is 5.35. The second-order valence-corrected chi connectivity index (χ2v) is 10.2. The van der Waals surface area contributed by atoms with Gasteiger partial charge in [-0.2, -0.15) is 0 Å². The fraction of sp³-hybridized carbons (Fsp3) is 0.393. The third kappa shape index (κ3) is 4.71. The molecule has 0 saturated carbocycles. The Morgan fingerprint density at radius 1 is 1.00 bits per heavy atom. The Labute approximate surface area is 233 Å². The normalized spacial score (nSPS) is 14.8. The van der Waals surface area contributed by atoms with Gasteiger partial charge < -0.3 is 18.8 Å². The van der Waals surface area contributed by atoms with Crippen LogP contribution in [0.15, 0.2) is 40.9 Å². The molecule has 7 nitrogen and oxygen atoms in total. The quantitative estimate of drug-likeness (QED) is 0.170. The van der Waals surface area contributed by atoms with Crippen LogP contribution in [0.4, 0.5) is 4.39 Å². The van der Waals surface area contributed by atoms with Crippen LogP contribution in [0.1, 0.15) is 49.9 Å². The van der Waals surface area contributed by atoms with Crippen LogP contribution in [0.5, 0.6) is 0 Å². The van der Waals surface area contributed by atoms with Gasteiger partial charge in [0.2, 0.25) is 0 Å². The zero-order chi connectivity index (χ0) is 27.6. The van der Waals surface area contributed by atoms with Crippen molar-refractivity contribution >= 4 is 56.3 Å². The monoisotopic (exact) mass is 607 g/mol. The van der Waals surface area contributed by atoms with Crippen molar-refractivity contribution in [1.82, 2.24) is 4.57 Å². The number of aromatic nitrogens is 1. The molecule has 0 amide bonds. The first-order chi connectivity index (χ1) is 18.2. The molecule has 10 heteroatoms. The summed E-state index contributed by atoms with van der Waals surface area (Å²) in [5, 5.41) is 1.21. The van der Waals surface area contributed by atoms with E-state index in [1.165, 1.54) is 12.1 Å². The van der Waals surface area contributed by atoms with Gasteiger partial charge in [0.25, 0.3) is 5.41 Å². The first-order valence-corrected chi connectivity index (χ1v) is 13.6. The molecular formula is C28H28BrClFNO6. The van der Waals surface area contributed by atoms with Crippen LogP contribution in [-0.2, 0) is 41.6 Å². The lowest BCUT2D eigenvalue weighted by Gasteiger charge is -2.33. The van der Waals surface area contributed by atoms with E-state index in [9.17, 15) is 18.8 Å². The van der Waals surface area contributed by atoms with Crippen molar-refractivity contribution in [1.29, 1.82) is 0 Å². The lowest BCUT2D eigenvalue weighted by atomic mass is 9.73. The molecule has 0 spiro atoms. The van der Waals surface area contributed by atoms with Gasteiger partial charge in [0.1, 0.15) is 5.82 Å². The molecule has 38 heavy (non-hydrogen) atoms. The Bertz CT molecular complexity index is 1340. The van der Waals surface area contributed by atoms with Gasteiger partial charge >= 0.3 is 17.9 Å². The lowest BCUT2D eigenvalue weighted by Crippen LogP contribution is -2.53. The number of benzene rings is 2. The number of carbonyl (C=O) groups excluding carboxylic acids is 3. The summed E-state index contributed by atoms with van der Waals surface area (Å²) in [6, 6.07) is 10.0. The van der Waals surface area contributed by atoms with Gasteiger partial charge in [-0.15, -0.1) is 0 Å². The van der Waals surface area contributed by atoms with Crippen LogP contribution in [0.3, 0.4) is 0 Å². The predicted octanol–water partition coefficient (Wildman–Crippen LogP) is 5.95. The van der Waals surface area contributed by atoms with Crippen molar-refractivity contribution in [2.45, 2.75) is 46.1 Å². The molecule has 202 valence electrons. The van der Waals surface area contributed by atoms with Crippen molar-refractivity contribution in [3.63, 3.8) is 0 Å². The summed E-state index contributed by atoms with van der Waals surface area (Å²) in [4.78, 5) is 40.9. The third-order valence-electron chi connectivity index (χ3n) is 6.81. The summed E-state index contributed by atoms with van der Waals surface area (Å²) in [6.07, 6.45) is 0.659. The van der Waals surface area contributed by atoms with Crippen molar-refractivity contribution in [2.75, 3.05) is 19.8 Å². The number of esters is 3. The van der Waals surface area contributed by atoms with E-state index < -0.39 is 35.1 Å². The smallest absolute Gasteiger partial charge is 0.335 e. The molecule has 1 aliphatic carbocycles. The zero-order valence-electron chi connectivity index (χ0n) is 21.3. The second kappa shape index (κ2) is 11.5. The molecule has 0 aliphatic heterocycles. The first kappa shape index (κ1) is 28.1. The van der Waals surface area contributed by atoms with Crippen LogP contribution < -0.4 is 0 Å². The standard InChI is InChI=1S/C28H28BrClFNO6/c1-4-36-25(33)28(26(34)37-5-2,27(35)38-6-3)21-12-11-19-20-13-18(31)14-22(29)24(20)32(23(19)21)15-16-7-9-17(30)10-8-16/h7-10,13-14,21H,4-6,11-12,15H2,1-3H3/t21-/m0/s1. The minimum Gasteiger partial charge on any atom is -0.465 e. The van der Waals surface area contributed by atoms with E-state index in [4.69, 9.17) is 25.8 Å². The topological polar surface area (TPSA) is 83.8 Å². The maximum absolute atomic E-state index is 14.6. The molecule has 1 aliphatic rings. The summed E-state index contributed by atoms with van der Waals surface area (Å²) < 4.78 is 33.0. The number of hydrogen-bond acceptors (Lipinski definition) is 6. The number of halogens is 3. The van der Waals surface area contributed by atoms with Gasteiger partial charge in [-0.05, 0) is 84.9 Å². The van der Waals surface area contributed by atoms with Crippen LogP contribution in [0.25, 0.3) is 10.9 Å². The Balaban J connectivity index is 2.03. The average Bonchev–Trinajstić information content (AvgIpc) is 3.42. The second-order valence-electron chi connectivity index (χ2n) is 8.92. The summed E-state index contributed by atoms with van der Waals surface area (Å²) in [5.74, 6) is -4.48. The number of rotatable bonds is 9. The van der Waals surface area contributed by atoms with E-state index in [0.717, 1.165) is 11.1 Å². The van der Waals surface area contributed by atoms with Gasteiger partial charge in [-0.3, -0.25) is 14.4 Å². The van der Waals surface area contributed by atoms with E-state index >= 15 is 0 Å². The highest BCUT2D eigenvalue weighted by molar-refractivity contribution is 9.10. The summed E-state index contributed by atoms with van der Waals surface area (Å²) >= 11 is 9.59. The van der Waals surface area contributed by atoms with E-state index in [-0.39, 0.29) is 26.2 Å². The Morgan fingerprint density at radius 2 is 1.55 bits per heavy atom. The molecule has 4 rings (SSSR count). The van der Waals surface area contributed by atoms with E-state index in [0.29, 0.717) is 39.1 Å². The molecule has 1 atom stereocenters. The minimum absolute atomic E-state index is 0.0521. The molecule has 3 aromatic rings. The maximum Gasteiger partial charge on any atom is 0.335 e. The van der Waals surface area contributed by atoms with Gasteiger partial charge in [-0.25, -0.2) is 4.39 Å². The van der Waals surface area contributed by atoms with Crippen molar-refractivity contribution in [3.8, 4) is 0 Å². The van der Waals surface area contributed by atoms with Gasteiger partial charge in [0.05, 0.1) is 25.3 Å². The van der Waals surface area contributed by atoms with E-state index in [2.05, 4.69) is 15.9 Å². The Kier molecular flexibility index (Phi) is 8.47. The summed E-state index contributed by atoms with van der Waals surface area (Å²) in [6.45, 7) is 4.94. The van der Waals surface area contributed by atoms with Crippen LogP contribution >= 0.6 is 27.5 Å².